The Morgan fingerprint density at radius 1 is 0.390 bits per heavy atom. The summed E-state index contributed by atoms with van der Waals surface area (Å²) in [6.07, 6.45) is 13.0. The summed E-state index contributed by atoms with van der Waals surface area (Å²) in [4.78, 5) is 5.31. The Morgan fingerprint density at radius 2 is 0.939 bits per heavy atom. The van der Waals surface area contributed by atoms with Crippen LogP contribution in [-0.4, -0.2) is 0 Å². The van der Waals surface area contributed by atoms with E-state index in [-0.39, 0.29) is 21.7 Å². The van der Waals surface area contributed by atoms with Gasteiger partial charge in [0.15, 0.2) is 0 Å². The van der Waals surface area contributed by atoms with Gasteiger partial charge in [-0.15, -0.1) is 0 Å². The first-order valence-corrected chi connectivity index (χ1v) is 29.9. The molecule has 10 aromatic rings. The van der Waals surface area contributed by atoms with Gasteiger partial charge in [0.05, 0.1) is 11.4 Å². The summed E-state index contributed by atoms with van der Waals surface area (Å²) in [6, 6.07) is 77.1. The molecule has 0 amide bonds. The molecule has 0 N–H and O–H groups in total. The molecule has 398 valence electrons. The topological polar surface area (TPSA) is 6.48 Å². The molecule has 0 fully saturated rings. The Bertz CT molecular complexity index is 4550. The molecule has 0 aliphatic heterocycles. The molecule has 0 aromatic heterocycles. The van der Waals surface area contributed by atoms with Gasteiger partial charge in [-0.3, -0.25) is 0 Å². The predicted molar refractivity (Wildman–Crippen MR) is 347 cm³/mol. The van der Waals surface area contributed by atoms with Crippen LogP contribution in [0, 0.1) is 0 Å². The molecule has 10 aromatic carbocycles. The number of anilines is 5. The lowest BCUT2D eigenvalue weighted by molar-refractivity contribution is 0.607. The second kappa shape index (κ2) is 17.4. The van der Waals surface area contributed by atoms with E-state index in [1.54, 1.807) is 5.57 Å². The van der Waals surface area contributed by atoms with E-state index in [9.17, 15) is 0 Å². The molecule has 6 aliphatic rings. The molecular formula is C80H68N2. The number of nitrogens with zero attached hydrogens (tertiary/aromatic N) is 2. The molecule has 0 heterocycles. The summed E-state index contributed by atoms with van der Waals surface area (Å²) in [6.45, 7) is 19.4. The lowest BCUT2D eigenvalue weighted by atomic mass is 9.78. The summed E-state index contributed by atoms with van der Waals surface area (Å²) >= 11 is 0. The van der Waals surface area contributed by atoms with E-state index in [0.29, 0.717) is 5.92 Å². The van der Waals surface area contributed by atoms with Crippen LogP contribution < -0.4 is 9.80 Å². The highest BCUT2D eigenvalue weighted by molar-refractivity contribution is 6.23. The van der Waals surface area contributed by atoms with Gasteiger partial charge in [-0.25, -0.2) is 0 Å². The number of benzene rings is 10. The van der Waals surface area contributed by atoms with Crippen molar-refractivity contribution in [1.29, 1.82) is 0 Å². The van der Waals surface area contributed by atoms with Crippen molar-refractivity contribution in [2.75, 3.05) is 9.80 Å². The molecule has 0 saturated heterocycles. The van der Waals surface area contributed by atoms with Crippen LogP contribution in [0.3, 0.4) is 0 Å². The predicted octanol–water partition coefficient (Wildman–Crippen LogP) is 21.6. The van der Waals surface area contributed by atoms with Crippen LogP contribution in [0.2, 0.25) is 0 Å². The Labute approximate surface area is 484 Å². The highest BCUT2D eigenvalue weighted by Gasteiger charge is 2.44. The van der Waals surface area contributed by atoms with Crippen molar-refractivity contribution < 1.29 is 0 Å². The molecule has 0 bridgehead atoms. The van der Waals surface area contributed by atoms with Crippen molar-refractivity contribution in [1.82, 2.24) is 0 Å². The van der Waals surface area contributed by atoms with E-state index >= 15 is 0 Å². The van der Waals surface area contributed by atoms with Crippen molar-refractivity contribution in [2.24, 2.45) is 0 Å². The third-order valence-corrected chi connectivity index (χ3v) is 20.6. The van der Waals surface area contributed by atoms with E-state index < -0.39 is 0 Å². The van der Waals surface area contributed by atoms with Crippen molar-refractivity contribution in [3.8, 4) is 33.4 Å². The zero-order valence-electron chi connectivity index (χ0n) is 48.5. The van der Waals surface area contributed by atoms with Gasteiger partial charge in [0, 0.05) is 71.9 Å². The molecule has 0 saturated carbocycles. The van der Waals surface area contributed by atoms with Crippen LogP contribution in [0.4, 0.5) is 28.4 Å². The normalized spacial score (nSPS) is 18.4. The number of fused-ring (bicyclic) bond motifs is 13. The van der Waals surface area contributed by atoms with E-state index in [4.69, 9.17) is 0 Å². The summed E-state index contributed by atoms with van der Waals surface area (Å²) in [5, 5.41) is 4.81. The standard InChI is InChI=1S/C80H68N2/c1-77(2)70-33-21-17-27-58(70)65-45-51(38-43-71(65)77)81(52-35-40-59-55-24-14-18-30-67(55)78(3,4)72(59)46-52)75-62-28-12-13-29-63(62)76(66-44-50(34-39-64(66)75)49-22-10-9-11-23-49)82(53-36-41-60-56-25-15-19-31-68(56)79(5,6)73(60)47-53)54-37-42-61-57-26-16-20-32-69(57)80(7,8)74(61)48-54/h9-19,21-31,33-40,42-48,60H,20,32,41H2,1-8H3. The first kappa shape index (κ1) is 49.1. The quantitative estimate of drug-likeness (QED) is 0.116. The lowest BCUT2D eigenvalue weighted by Gasteiger charge is -2.36. The summed E-state index contributed by atoms with van der Waals surface area (Å²) < 4.78 is 0. The Kier molecular flexibility index (Phi) is 10.4. The fraction of sp³-hybridized carbons (Fsp3) is 0.200. The highest BCUT2D eigenvalue weighted by Crippen LogP contribution is 2.60. The third kappa shape index (κ3) is 6.82. The van der Waals surface area contributed by atoms with Crippen LogP contribution in [-0.2, 0) is 21.7 Å². The molecule has 6 aliphatic carbocycles. The minimum atomic E-state index is -0.195. The van der Waals surface area contributed by atoms with Crippen molar-refractivity contribution >= 4 is 55.6 Å². The average molecular weight is 1060 g/mol. The molecule has 1 unspecified atom stereocenters. The Morgan fingerprint density at radius 3 is 1.68 bits per heavy atom. The molecule has 0 spiro atoms. The van der Waals surface area contributed by atoms with Gasteiger partial charge in [-0.05, 0) is 151 Å². The molecule has 2 nitrogen and oxygen atoms in total. The van der Waals surface area contributed by atoms with Crippen LogP contribution >= 0.6 is 0 Å². The van der Waals surface area contributed by atoms with Gasteiger partial charge < -0.3 is 9.80 Å². The Balaban J connectivity index is 1.00. The fourth-order valence-corrected chi connectivity index (χ4v) is 16.3. The SMILES string of the molecule is CC1(C)C2=C(C=CCC2)c2ccc(N(C3=CCC4C(=C3)C(C)(C)c3ccccc34)c3c4ccccc4c(N(c4ccc5c(c4)-c4ccccc4C5(C)C)c4ccc5c(c4)C(C)(C)c4ccccc4-5)c4ccc(-c5ccccc5)cc34)cc21. The zero-order valence-corrected chi connectivity index (χ0v) is 48.5. The monoisotopic (exact) mass is 1060 g/mol. The molecule has 16 rings (SSSR count). The smallest absolute Gasteiger partial charge is 0.0620 e. The first-order valence-electron chi connectivity index (χ1n) is 29.9. The van der Waals surface area contributed by atoms with Crippen molar-refractivity contribution in [3.05, 3.63) is 286 Å². The second-order valence-electron chi connectivity index (χ2n) is 26.3. The minimum absolute atomic E-state index is 0.108. The first-order chi connectivity index (χ1) is 39.7. The van der Waals surface area contributed by atoms with E-state index in [1.165, 1.54) is 133 Å². The molecule has 0 radical (unpaired) electrons. The largest absolute Gasteiger partial charge is 0.310 e. The zero-order chi connectivity index (χ0) is 55.6. The summed E-state index contributed by atoms with van der Waals surface area (Å²) in [5.74, 6) is 0.336. The average Bonchev–Trinajstić information content (AvgIpc) is 1.84. The summed E-state index contributed by atoms with van der Waals surface area (Å²) in [5.41, 5.74) is 29.8. The number of hydrogen-bond acceptors (Lipinski definition) is 2. The van der Waals surface area contributed by atoms with Gasteiger partial charge >= 0.3 is 0 Å². The van der Waals surface area contributed by atoms with Gasteiger partial charge in [-0.2, -0.15) is 0 Å². The molecular weight excluding hydrogens is 989 g/mol. The second-order valence-corrected chi connectivity index (χ2v) is 26.3. The fourth-order valence-electron chi connectivity index (χ4n) is 16.3. The van der Waals surface area contributed by atoms with Crippen molar-refractivity contribution in [3.63, 3.8) is 0 Å². The maximum absolute atomic E-state index is 2.68. The van der Waals surface area contributed by atoms with Gasteiger partial charge in [0.2, 0.25) is 0 Å². The lowest BCUT2D eigenvalue weighted by Crippen LogP contribution is -2.24. The van der Waals surface area contributed by atoms with Crippen LogP contribution in [0.25, 0.3) is 60.5 Å². The van der Waals surface area contributed by atoms with E-state index in [0.717, 1.165) is 30.6 Å². The molecule has 2 heteroatoms. The van der Waals surface area contributed by atoms with Crippen molar-refractivity contribution in [2.45, 2.75) is 102 Å². The summed E-state index contributed by atoms with van der Waals surface area (Å²) in [7, 11) is 0. The van der Waals surface area contributed by atoms with Gasteiger partial charge in [0.25, 0.3) is 0 Å². The Hall–Kier alpha value is -8.72. The number of hydrogen-bond donors (Lipinski definition) is 0. The highest BCUT2D eigenvalue weighted by atomic mass is 15.2. The van der Waals surface area contributed by atoms with Gasteiger partial charge in [0.1, 0.15) is 0 Å². The van der Waals surface area contributed by atoms with Crippen LogP contribution in [0.15, 0.2) is 241 Å². The van der Waals surface area contributed by atoms with Gasteiger partial charge in [-0.1, -0.05) is 242 Å². The molecule has 82 heavy (non-hydrogen) atoms. The minimum Gasteiger partial charge on any atom is -0.310 e. The van der Waals surface area contributed by atoms with Crippen LogP contribution in [0.5, 0.6) is 0 Å². The number of allylic oxidation sites excluding steroid dienone is 7. The molecule has 1 atom stereocenters. The number of rotatable bonds is 7. The third-order valence-electron chi connectivity index (χ3n) is 20.6. The maximum atomic E-state index is 2.68. The maximum Gasteiger partial charge on any atom is 0.0620 e. The van der Waals surface area contributed by atoms with Crippen LogP contribution in [0.1, 0.15) is 125 Å². The van der Waals surface area contributed by atoms with E-state index in [2.05, 4.69) is 290 Å². The van der Waals surface area contributed by atoms with E-state index in [1.807, 2.05) is 0 Å².